The topological polar surface area (TPSA) is 63.4 Å². The molecule has 0 unspecified atom stereocenters. The number of carbonyl (C=O) groups is 2. The van der Waals surface area contributed by atoms with E-state index in [1.807, 2.05) is 0 Å². The minimum atomic E-state index is -0.521. The van der Waals surface area contributed by atoms with Gasteiger partial charge in [0.15, 0.2) is 6.29 Å². The van der Waals surface area contributed by atoms with Gasteiger partial charge >= 0.3 is 0 Å². The molecule has 1 aliphatic carbocycles. The van der Waals surface area contributed by atoms with E-state index in [1.54, 1.807) is 11.0 Å². The number of primary amides is 1. The van der Waals surface area contributed by atoms with Crippen molar-refractivity contribution in [2.24, 2.45) is 5.73 Å². The Morgan fingerprint density at radius 2 is 2.11 bits per heavy atom. The van der Waals surface area contributed by atoms with Crippen LogP contribution in [0.4, 0.5) is 10.1 Å². The molecule has 1 aliphatic rings. The van der Waals surface area contributed by atoms with Gasteiger partial charge in [-0.25, -0.2) is 4.39 Å². The SMILES string of the molecule is NC(=O)CN(c1c(F)cccc1C=O)C1CCCC1. The maximum absolute atomic E-state index is 14.0. The van der Waals surface area contributed by atoms with Crippen LogP contribution >= 0.6 is 0 Å². The molecule has 2 rings (SSSR count). The smallest absolute Gasteiger partial charge is 0.236 e. The van der Waals surface area contributed by atoms with Gasteiger partial charge in [-0.1, -0.05) is 18.9 Å². The van der Waals surface area contributed by atoms with Crippen molar-refractivity contribution in [2.45, 2.75) is 31.7 Å². The fraction of sp³-hybridized carbons (Fsp3) is 0.429. The zero-order valence-electron chi connectivity index (χ0n) is 10.6. The van der Waals surface area contributed by atoms with Crippen molar-refractivity contribution in [2.75, 3.05) is 11.4 Å². The highest BCUT2D eigenvalue weighted by Gasteiger charge is 2.27. The third-order valence-electron chi connectivity index (χ3n) is 3.52. The Morgan fingerprint density at radius 3 is 2.68 bits per heavy atom. The van der Waals surface area contributed by atoms with Gasteiger partial charge in [-0.2, -0.15) is 0 Å². The highest BCUT2D eigenvalue weighted by Crippen LogP contribution is 2.31. The van der Waals surface area contributed by atoms with Crippen molar-refractivity contribution in [1.29, 1.82) is 0 Å². The molecule has 19 heavy (non-hydrogen) atoms. The van der Waals surface area contributed by atoms with Crippen LogP contribution in [0.15, 0.2) is 18.2 Å². The summed E-state index contributed by atoms with van der Waals surface area (Å²) in [6, 6.07) is 4.40. The number of aldehydes is 1. The first-order valence-corrected chi connectivity index (χ1v) is 6.42. The number of carbonyl (C=O) groups excluding carboxylic acids is 2. The van der Waals surface area contributed by atoms with Crippen molar-refractivity contribution in [1.82, 2.24) is 0 Å². The molecule has 4 nitrogen and oxygen atoms in total. The Bertz CT molecular complexity index is 484. The first-order chi connectivity index (χ1) is 9.13. The van der Waals surface area contributed by atoms with E-state index in [-0.39, 0.29) is 23.8 Å². The Balaban J connectivity index is 2.41. The van der Waals surface area contributed by atoms with Crippen LogP contribution in [0.3, 0.4) is 0 Å². The molecule has 0 bridgehead atoms. The van der Waals surface area contributed by atoms with Gasteiger partial charge in [0.25, 0.3) is 0 Å². The van der Waals surface area contributed by atoms with Gasteiger partial charge in [-0.15, -0.1) is 0 Å². The fourth-order valence-electron chi connectivity index (χ4n) is 2.70. The third kappa shape index (κ3) is 2.92. The fourth-order valence-corrected chi connectivity index (χ4v) is 2.70. The van der Waals surface area contributed by atoms with Crippen LogP contribution in [0, 0.1) is 5.82 Å². The standard InChI is InChI=1S/C14H17FN2O2/c15-12-7-3-4-10(9-18)14(12)17(8-13(16)19)11-5-1-2-6-11/h3-4,7,9,11H,1-2,5-6,8H2,(H2,16,19). The van der Waals surface area contributed by atoms with Crippen LogP contribution in [0.25, 0.3) is 0 Å². The van der Waals surface area contributed by atoms with E-state index in [0.717, 1.165) is 25.7 Å². The molecule has 0 saturated heterocycles. The van der Waals surface area contributed by atoms with Crippen LogP contribution in [-0.2, 0) is 4.79 Å². The van der Waals surface area contributed by atoms with E-state index in [1.165, 1.54) is 12.1 Å². The molecule has 1 aromatic carbocycles. The molecule has 0 spiro atoms. The molecule has 1 amide bonds. The third-order valence-corrected chi connectivity index (χ3v) is 3.52. The van der Waals surface area contributed by atoms with Gasteiger partial charge in [0.05, 0.1) is 12.2 Å². The summed E-state index contributed by atoms with van der Waals surface area (Å²) in [7, 11) is 0. The molecule has 0 heterocycles. The highest BCUT2D eigenvalue weighted by molar-refractivity contribution is 5.87. The van der Waals surface area contributed by atoms with Crippen LogP contribution in [0.1, 0.15) is 36.0 Å². The molecule has 2 N–H and O–H groups in total. The Kier molecular flexibility index (Phi) is 4.14. The molecule has 0 radical (unpaired) electrons. The number of hydrogen-bond donors (Lipinski definition) is 1. The lowest BCUT2D eigenvalue weighted by Crippen LogP contribution is -2.41. The lowest BCUT2D eigenvalue weighted by atomic mass is 10.1. The molecule has 5 heteroatoms. The van der Waals surface area contributed by atoms with Gasteiger partial charge < -0.3 is 10.6 Å². The number of nitrogens with zero attached hydrogens (tertiary/aromatic N) is 1. The van der Waals surface area contributed by atoms with Gasteiger partial charge in [0, 0.05) is 11.6 Å². The van der Waals surface area contributed by atoms with Gasteiger partial charge in [0.1, 0.15) is 5.82 Å². The van der Waals surface area contributed by atoms with Crippen molar-refractivity contribution in [3.8, 4) is 0 Å². The van der Waals surface area contributed by atoms with Crippen LogP contribution in [0.2, 0.25) is 0 Å². The number of rotatable bonds is 5. The van der Waals surface area contributed by atoms with Crippen molar-refractivity contribution in [3.05, 3.63) is 29.6 Å². The summed E-state index contributed by atoms with van der Waals surface area (Å²) >= 11 is 0. The summed E-state index contributed by atoms with van der Waals surface area (Å²) in [6.07, 6.45) is 4.48. The first-order valence-electron chi connectivity index (χ1n) is 6.42. The van der Waals surface area contributed by atoms with Gasteiger partial charge in [0.2, 0.25) is 5.91 Å². The Morgan fingerprint density at radius 1 is 1.42 bits per heavy atom. The van der Waals surface area contributed by atoms with Crippen LogP contribution < -0.4 is 10.6 Å². The lowest BCUT2D eigenvalue weighted by Gasteiger charge is -2.31. The lowest BCUT2D eigenvalue weighted by molar-refractivity contribution is -0.116. The van der Waals surface area contributed by atoms with E-state index in [4.69, 9.17) is 5.73 Å². The normalized spacial score (nSPS) is 15.4. The summed E-state index contributed by atoms with van der Waals surface area (Å²) in [4.78, 5) is 23.9. The molecule has 1 aromatic rings. The second kappa shape index (κ2) is 5.82. The molecule has 1 saturated carbocycles. The number of nitrogens with two attached hydrogens (primary N) is 1. The van der Waals surface area contributed by atoms with Crippen molar-refractivity contribution < 1.29 is 14.0 Å². The van der Waals surface area contributed by atoms with Crippen LogP contribution in [-0.4, -0.2) is 24.8 Å². The number of halogens is 1. The molecular weight excluding hydrogens is 247 g/mol. The molecule has 0 aliphatic heterocycles. The minimum absolute atomic E-state index is 0.0631. The highest BCUT2D eigenvalue weighted by atomic mass is 19.1. The summed E-state index contributed by atoms with van der Waals surface area (Å²) < 4.78 is 14.0. The number of anilines is 1. The number of amides is 1. The van der Waals surface area contributed by atoms with Gasteiger partial charge in [-0.3, -0.25) is 9.59 Å². The summed E-state index contributed by atoms with van der Waals surface area (Å²) in [6.45, 7) is -0.0631. The molecule has 1 fully saturated rings. The second-order valence-electron chi connectivity index (χ2n) is 4.83. The summed E-state index contributed by atoms with van der Waals surface area (Å²) in [5, 5.41) is 0. The second-order valence-corrected chi connectivity index (χ2v) is 4.83. The summed E-state index contributed by atoms with van der Waals surface area (Å²) in [5.41, 5.74) is 5.70. The zero-order chi connectivity index (χ0) is 13.8. The predicted molar refractivity (Wildman–Crippen MR) is 70.6 cm³/mol. The average molecular weight is 264 g/mol. The van der Waals surface area contributed by atoms with Gasteiger partial charge in [-0.05, 0) is 25.0 Å². The maximum Gasteiger partial charge on any atom is 0.236 e. The van der Waals surface area contributed by atoms with E-state index < -0.39 is 11.7 Å². The first kappa shape index (κ1) is 13.5. The van der Waals surface area contributed by atoms with E-state index >= 15 is 0 Å². The molecular formula is C14H17FN2O2. The van der Waals surface area contributed by atoms with E-state index in [2.05, 4.69) is 0 Å². The summed E-state index contributed by atoms with van der Waals surface area (Å²) in [5.74, 6) is -1.01. The molecule has 0 atom stereocenters. The van der Waals surface area contributed by atoms with Crippen molar-refractivity contribution in [3.63, 3.8) is 0 Å². The van der Waals surface area contributed by atoms with Crippen molar-refractivity contribution >= 4 is 17.9 Å². The quantitative estimate of drug-likeness (QED) is 0.826. The maximum atomic E-state index is 14.0. The molecule has 102 valence electrons. The molecule has 0 aromatic heterocycles. The number of para-hydroxylation sites is 1. The number of hydrogen-bond acceptors (Lipinski definition) is 3. The Hall–Kier alpha value is -1.91. The Labute approximate surface area is 111 Å². The predicted octanol–water partition coefficient (Wildman–Crippen LogP) is 1.87. The van der Waals surface area contributed by atoms with E-state index in [9.17, 15) is 14.0 Å². The van der Waals surface area contributed by atoms with Crippen LogP contribution in [0.5, 0.6) is 0 Å². The average Bonchev–Trinajstić information content (AvgIpc) is 2.89. The monoisotopic (exact) mass is 264 g/mol. The zero-order valence-corrected chi connectivity index (χ0v) is 10.6. The number of benzene rings is 1. The minimum Gasteiger partial charge on any atom is -0.368 e. The van der Waals surface area contributed by atoms with E-state index in [0.29, 0.717) is 6.29 Å². The largest absolute Gasteiger partial charge is 0.368 e.